The summed E-state index contributed by atoms with van der Waals surface area (Å²) in [5, 5.41) is 4.55. The fraction of sp³-hybridized carbons (Fsp3) is 0.786. The van der Waals surface area contributed by atoms with Crippen LogP contribution in [0.5, 0.6) is 0 Å². The molecule has 0 bridgehead atoms. The molecule has 0 saturated carbocycles. The Balaban J connectivity index is 2.80. The zero-order valence-corrected chi connectivity index (χ0v) is 12.4. The molecular weight excluding hydrogens is 226 g/mol. The predicted octanol–water partition coefficient (Wildman–Crippen LogP) is 2.15. The summed E-state index contributed by atoms with van der Waals surface area (Å²) in [6, 6.07) is 2.13. The molecule has 104 valence electrons. The number of nitrogens with zero attached hydrogens (tertiary/aromatic N) is 2. The number of rotatable bonds is 7. The molecule has 0 spiro atoms. The van der Waals surface area contributed by atoms with Crippen molar-refractivity contribution in [2.24, 2.45) is 5.73 Å². The topological polar surface area (TPSA) is 53.1 Å². The molecule has 0 saturated heterocycles. The standard InChI is InChI=1S/C14H27N3O/c1-6-11-9-12(17(7-2)16-11)10-13(15)14(4,5)18-8-3/h9,13H,6-8,10,15H2,1-5H3. The number of hydrogen-bond donors (Lipinski definition) is 1. The maximum Gasteiger partial charge on any atom is 0.0780 e. The van der Waals surface area contributed by atoms with Crippen molar-refractivity contribution >= 4 is 0 Å². The van der Waals surface area contributed by atoms with Gasteiger partial charge in [0, 0.05) is 31.3 Å². The van der Waals surface area contributed by atoms with Crippen molar-refractivity contribution in [1.29, 1.82) is 0 Å². The van der Waals surface area contributed by atoms with E-state index in [-0.39, 0.29) is 11.6 Å². The molecule has 1 rings (SSSR count). The van der Waals surface area contributed by atoms with Crippen molar-refractivity contribution in [3.8, 4) is 0 Å². The number of ether oxygens (including phenoxy) is 1. The van der Waals surface area contributed by atoms with Gasteiger partial charge in [0.2, 0.25) is 0 Å². The number of aryl methyl sites for hydroxylation is 2. The van der Waals surface area contributed by atoms with Crippen molar-refractivity contribution in [2.45, 2.75) is 65.6 Å². The summed E-state index contributed by atoms with van der Waals surface area (Å²) in [5.41, 5.74) is 8.31. The summed E-state index contributed by atoms with van der Waals surface area (Å²) in [7, 11) is 0. The first-order valence-corrected chi connectivity index (χ1v) is 6.89. The predicted molar refractivity (Wildman–Crippen MR) is 74.7 cm³/mol. The number of aromatic nitrogens is 2. The highest BCUT2D eigenvalue weighted by atomic mass is 16.5. The van der Waals surface area contributed by atoms with Gasteiger partial charge in [0.1, 0.15) is 0 Å². The highest BCUT2D eigenvalue weighted by Gasteiger charge is 2.27. The van der Waals surface area contributed by atoms with Crippen LogP contribution >= 0.6 is 0 Å². The van der Waals surface area contributed by atoms with Crippen LogP contribution in [-0.2, 0) is 24.1 Å². The summed E-state index contributed by atoms with van der Waals surface area (Å²) in [5.74, 6) is 0. The monoisotopic (exact) mass is 253 g/mol. The van der Waals surface area contributed by atoms with Crippen LogP contribution in [0.3, 0.4) is 0 Å². The van der Waals surface area contributed by atoms with Gasteiger partial charge >= 0.3 is 0 Å². The summed E-state index contributed by atoms with van der Waals surface area (Å²) in [6.07, 6.45) is 1.76. The maximum atomic E-state index is 6.28. The Morgan fingerprint density at radius 2 is 2.06 bits per heavy atom. The smallest absolute Gasteiger partial charge is 0.0780 e. The zero-order valence-electron chi connectivity index (χ0n) is 12.4. The molecule has 4 nitrogen and oxygen atoms in total. The van der Waals surface area contributed by atoms with Gasteiger partial charge < -0.3 is 10.5 Å². The van der Waals surface area contributed by atoms with E-state index in [0.717, 1.165) is 25.1 Å². The van der Waals surface area contributed by atoms with Gasteiger partial charge in [0.25, 0.3) is 0 Å². The van der Waals surface area contributed by atoms with Gasteiger partial charge in [-0.15, -0.1) is 0 Å². The van der Waals surface area contributed by atoms with Crippen LogP contribution in [0, 0.1) is 0 Å². The van der Waals surface area contributed by atoms with E-state index in [2.05, 4.69) is 38.9 Å². The summed E-state index contributed by atoms with van der Waals surface area (Å²) >= 11 is 0. The average Bonchev–Trinajstić information content (AvgIpc) is 2.71. The first-order chi connectivity index (χ1) is 8.44. The fourth-order valence-corrected chi connectivity index (χ4v) is 2.08. The van der Waals surface area contributed by atoms with E-state index in [0.29, 0.717) is 6.61 Å². The van der Waals surface area contributed by atoms with Crippen LogP contribution in [0.25, 0.3) is 0 Å². The second-order valence-electron chi connectivity index (χ2n) is 5.14. The largest absolute Gasteiger partial charge is 0.374 e. The molecule has 0 aliphatic rings. The minimum Gasteiger partial charge on any atom is -0.374 e. The van der Waals surface area contributed by atoms with Crippen LogP contribution in [0.15, 0.2) is 6.07 Å². The second kappa shape index (κ2) is 6.34. The molecule has 0 aromatic carbocycles. The van der Waals surface area contributed by atoms with E-state index in [9.17, 15) is 0 Å². The third kappa shape index (κ3) is 3.56. The second-order valence-corrected chi connectivity index (χ2v) is 5.14. The van der Waals surface area contributed by atoms with Gasteiger partial charge in [-0.1, -0.05) is 6.92 Å². The first-order valence-electron chi connectivity index (χ1n) is 6.89. The fourth-order valence-electron chi connectivity index (χ4n) is 2.08. The molecule has 0 fully saturated rings. The molecular formula is C14H27N3O. The minimum absolute atomic E-state index is 0.0239. The number of nitrogens with two attached hydrogens (primary N) is 1. The lowest BCUT2D eigenvalue weighted by Crippen LogP contribution is -2.47. The molecule has 1 atom stereocenters. The highest BCUT2D eigenvalue weighted by Crippen LogP contribution is 2.18. The molecule has 1 heterocycles. The lowest BCUT2D eigenvalue weighted by atomic mass is 9.95. The quantitative estimate of drug-likeness (QED) is 0.810. The van der Waals surface area contributed by atoms with E-state index < -0.39 is 0 Å². The van der Waals surface area contributed by atoms with E-state index in [1.165, 1.54) is 5.69 Å². The lowest BCUT2D eigenvalue weighted by molar-refractivity contribution is -0.0291. The van der Waals surface area contributed by atoms with Crippen LogP contribution in [0.1, 0.15) is 46.0 Å². The van der Waals surface area contributed by atoms with Gasteiger partial charge in [-0.2, -0.15) is 5.10 Å². The zero-order chi connectivity index (χ0) is 13.8. The lowest BCUT2D eigenvalue weighted by Gasteiger charge is -2.31. The van der Waals surface area contributed by atoms with Gasteiger partial charge in [0.05, 0.1) is 11.3 Å². The molecule has 0 aliphatic carbocycles. The summed E-state index contributed by atoms with van der Waals surface area (Å²) in [4.78, 5) is 0. The molecule has 0 radical (unpaired) electrons. The van der Waals surface area contributed by atoms with Crippen LogP contribution in [-0.4, -0.2) is 28.0 Å². The number of hydrogen-bond acceptors (Lipinski definition) is 3. The Bertz CT molecular complexity index is 371. The molecule has 0 aliphatic heterocycles. The molecule has 1 aromatic rings. The van der Waals surface area contributed by atoms with Crippen molar-refractivity contribution in [3.63, 3.8) is 0 Å². The first kappa shape index (κ1) is 15.2. The van der Waals surface area contributed by atoms with Gasteiger partial charge in [-0.3, -0.25) is 4.68 Å². The Morgan fingerprint density at radius 1 is 1.39 bits per heavy atom. The molecule has 4 heteroatoms. The molecule has 1 unspecified atom stereocenters. The molecule has 2 N–H and O–H groups in total. The van der Waals surface area contributed by atoms with E-state index in [1.807, 2.05) is 11.6 Å². The third-order valence-electron chi connectivity index (χ3n) is 3.41. The molecule has 1 aromatic heterocycles. The normalized spacial score (nSPS) is 13.9. The van der Waals surface area contributed by atoms with Gasteiger partial charge in [0.15, 0.2) is 0 Å². The average molecular weight is 253 g/mol. The Kier molecular flexibility index (Phi) is 5.35. The van der Waals surface area contributed by atoms with Crippen LogP contribution < -0.4 is 5.73 Å². The van der Waals surface area contributed by atoms with Gasteiger partial charge in [-0.05, 0) is 40.2 Å². The van der Waals surface area contributed by atoms with Crippen LogP contribution in [0.2, 0.25) is 0 Å². The van der Waals surface area contributed by atoms with Crippen molar-refractivity contribution in [2.75, 3.05) is 6.61 Å². The van der Waals surface area contributed by atoms with Crippen molar-refractivity contribution < 1.29 is 4.74 Å². The Morgan fingerprint density at radius 3 is 2.56 bits per heavy atom. The molecule has 18 heavy (non-hydrogen) atoms. The van der Waals surface area contributed by atoms with Crippen molar-refractivity contribution in [1.82, 2.24) is 9.78 Å². The maximum absolute atomic E-state index is 6.28. The van der Waals surface area contributed by atoms with Crippen LogP contribution in [0.4, 0.5) is 0 Å². The van der Waals surface area contributed by atoms with Gasteiger partial charge in [-0.25, -0.2) is 0 Å². The van der Waals surface area contributed by atoms with E-state index in [1.54, 1.807) is 0 Å². The highest BCUT2D eigenvalue weighted by molar-refractivity contribution is 5.13. The molecule has 0 amide bonds. The SMILES string of the molecule is CCOC(C)(C)C(N)Cc1cc(CC)nn1CC. The summed E-state index contributed by atoms with van der Waals surface area (Å²) in [6.45, 7) is 11.9. The Labute approximate surface area is 111 Å². The minimum atomic E-state index is -0.302. The van der Waals surface area contributed by atoms with Crippen molar-refractivity contribution in [3.05, 3.63) is 17.5 Å². The third-order valence-corrected chi connectivity index (χ3v) is 3.41. The van der Waals surface area contributed by atoms with E-state index in [4.69, 9.17) is 10.5 Å². The summed E-state index contributed by atoms with van der Waals surface area (Å²) < 4.78 is 7.76. The van der Waals surface area contributed by atoms with E-state index >= 15 is 0 Å². The Hall–Kier alpha value is -0.870.